The molecule has 1 aromatic rings. The highest BCUT2D eigenvalue weighted by Crippen LogP contribution is 2.47. The van der Waals surface area contributed by atoms with Crippen molar-refractivity contribution in [2.75, 3.05) is 13.2 Å². The van der Waals surface area contributed by atoms with E-state index in [1.165, 1.54) is 0 Å². The van der Waals surface area contributed by atoms with Gasteiger partial charge in [-0.1, -0.05) is 13.8 Å². The van der Waals surface area contributed by atoms with Crippen molar-refractivity contribution in [2.45, 2.75) is 83.8 Å². The van der Waals surface area contributed by atoms with Gasteiger partial charge in [0.25, 0.3) is 0 Å². The number of nitrogens with zero attached hydrogens (tertiary/aromatic N) is 2. The molecule has 0 radical (unpaired) electrons. The van der Waals surface area contributed by atoms with Crippen LogP contribution in [0.5, 0.6) is 0 Å². The Bertz CT molecular complexity index is 829. The average Bonchev–Trinajstić information content (AvgIpc) is 3.33. The molecule has 2 aliphatic heterocycles. The van der Waals surface area contributed by atoms with Crippen LogP contribution in [0, 0.1) is 11.3 Å². The average molecular weight is 440 g/mol. The van der Waals surface area contributed by atoms with E-state index in [-0.39, 0.29) is 30.5 Å². The number of carbonyl (C=O) groups is 1. The van der Waals surface area contributed by atoms with E-state index in [4.69, 9.17) is 4.74 Å². The van der Waals surface area contributed by atoms with E-state index < -0.39 is 17.2 Å². The highest BCUT2D eigenvalue weighted by molar-refractivity contribution is 5.83. The van der Waals surface area contributed by atoms with Crippen LogP contribution in [0.15, 0.2) is 12.3 Å². The van der Waals surface area contributed by atoms with Gasteiger partial charge in [0.05, 0.1) is 17.1 Å². The first kappa shape index (κ1) is 22.5. The van der Waals surface area contributed by atoms with Crippen LogP contribution in [-0.2, 0) is 28.7 Å². The SMILES string of the molecule is CC1OCCC1N[C@@H]1CC[C@@](C(=O)N2CCc3ncc(C(F)(F)F)cc3C2)(C(C)C)C1. The van der Waals surface area contributed by atoms with Crippen LogP contribution >= 0.6 is 0 Å². The Morgan fingerprint density at radius 1 is 1.35 bits per heavy atom. The Kier molecular flexibility index (Phi) is 6.07. The number of nitrogens with one attached hydrogen (secondary N) is 1. The Labute approximate surface area is 181 Å². The fraction of sp³-hybridized carbons (Fsp3) is 0.739. The summed E-state index contributed by atoms with van der Waals surface area (Å²) in [5, 5.41) is 3.70. The summed E-state index contributed by atoms with van der Waals surface area (Å²) in [6.45, 7) is 7.72. The summed E-state index contributed by atoms with van der Waals surface area (Å²) in [5.41, 5.74) is -0.0562. The number of carbonyl (C=O) groups excluding carboxylic acids is 1. The van der Waals surface area contributed by atoms with Gasteiger partial charge in [0.15, 0.2) is 0 Å². The molecular weight excluding hydrogens is 407 g/mol. The Morgan fingerprint density at radius 2 is 2.13 bits per heavy atom. The molecule has 5 nitrogen and oxygen atoms in total. The maximum Gasteiger partial charge on any atom is 0.417 e. The molecule has 0 aromatic carbocycles. The van der Waals surface area contributed by atoms with E-state index in [1.54, 1.807) is 4.90 Å². The van der Waals surface area contributed by atoms with Gasteiger partial charge in [0.2, 0.25) is 5.91 Å². The van der Waals surface area contributed by atoms with Gasteiger partial charge in [-0.05, 0) is 50.2 Å². The number of fused-ring (bicyclic) bond motifs is 1. The minimum absolute atomic E-state index is 0.0746. The van der Waals surface area contributed by atoms with Crippen LogP contribution < -0.4 is 5.32 Å². The minimum Gasteiger partial charge on any atom is -0.377 e. The standard InChI is InChI=1S/C23H32F3N3O2/c1-14(2)22(7-4-18(11-22)28-19-6-9-31-15(19)3)21(30)29-8-5-20-16(13-29)10-17(12-27-20)23(24,25)26/h10,12,14-15,18-19,28H,4-9,11,13H2,1-3H3/t15?,18-,19?,22+/m1/s1. The van der Waals surface area contributed by atoms with Crippen molar-refractivity contribution in [3.63, 3.8) is 0 Å². The number of aromatic nitrogens is 1. The summed E-state index contributed by atoms with van der Waals surface area (Å²) in [7, 11) is 0. The largest absolute Gasteiger partial charge is 0.417 e. The molecule has 3 heterocycles. The predicted octanol–water partition coefficient (Wildman–Crippen LogP) is 3.95. The summed E-state index contributed by atoms with van der Waals surface area (Å²) in [6, 6.07) is 1.73. The van der Waals surface area contributed by atoms with E-state index in [0.717, 1.165) is 44.6 Å². The molecule has 0 spiro atoms. The number of ether oxygens (including phenoxy) is 1. The smallest absolute Gasteiger partial charge is 0.377 e. The molecule has 1 aromatic heterocycles. The molecular formula is C23H32F3N3O2. The molecule has 4 atom stereocenters. The molecule has 1 saturated heterocycles. The summed E-state index contributed by atoms with van der Waals surface area (Å²) in [6.07, 6.45) is 0.607. The van der Waals surface area contributed by atoms with Crippen LogP contribution in [0.1, 0.15) is 63.3 Å². The van der Waals surface area contributed by atoms with E-state index >= 15 is 0 Å². The van der Waals surface area contributed by atoms with Gasteiger partial charge in [-0.15, -0.1) is 0 Å². The fourth-order valence-corrected chi connectivity index (χ4v) is 5.51. The minimum atomic E-state index is -4.43. The zero-order valence-corrected chi connectivity index (χ0v) is 18.5. The third kappa shape index (κ3) is 4.33. The van der Waals surface area contributed by atoms with Gasteiger partial charge < -0.3 is 15.0 Å². The third-order valence-electron chi connectivity index (χ3n) is 7.56. The van der Waals surface area contributed by atoms with Crippen LogP contribution in [0.25, 0.3) is 0 Å². The second-order valence-electron chi connectivity index (χ2n) is 9.69. The molecule has 8 heteroatoms. The zero-order chi connectivity index (χ0) is 22.4. The Hall–Kier alpha value is -1.67. The molecule has 1 N–H and O–H groups in total. The van der Waals surface area contributed by atoms with Gasteiger partial charge in [0.1, 0.15) is 0 Å². The van der Waals surface area contributed by atoms with Crippen LogP contribution in [-0.4, -0.2) is 47.1 Å². The van der Waals surface area contributed by atoms with Crippen molar-refractivity contribution in [1.29, 1.82) is 0 Å². The lowest BCUT2D eigenvalue weighted by atomic mass is 9.74. The van der Waals surface area contributed by atoms with Crippen molar-refractivity contribution < 1.29 is 22.7 Å². The number of halogens is 3. The molecule has 0 bridgehead atoms. The quantitative estimate of drug-likeness (QED) is 0.772. The monoisotopic (exact) mass is 439 g/mol. The number of rotatable bonds is 4. The van der Waals surface area contributed by atoms with Gasteiger partial charge in [-0.25, -0.2) is 0 Å². The summed E-state index contributed by atoms with van der Waals surface area (Å²) in [4.78, 5) is 19.5. The highest BCUT2D eigenvalue weighted by atomic mass is 19.4. The number of amides is 1. The highest BCUT2D eigenvalue weighted by Gasteiger charge is 2.50. The molecule has 31 heavy (non-hydrogen) atoms. The van der Waals surface area contributed by atoms with Crippen molar-refractivity contribution in [1.82, 2.24) is 15.2 Å². The van der Waals surface area contributed by atoms with Crippen LogP contribution in [0.4, 0.5) is 13.2 Å². The lowest BCUT2D eigenvalue weighted by Crippen LogP contribution is -2.49. The Balaban J connectivity index is 1.49. The molecule has 4 rings (SSSR count). The topological polar surface area (TPSA) is 54.5 Å². The van der Waals surface area contributed by atoms with E-state index in [1.807, 2.05) is 0 Å². The van der Waals surface area contributed by atoms with Gasteiger partial charge >= 0.3 is 6.18 Å². The number of hydrogen-bond donors (Lipinski definition) is 1. The molecule has 2 fully saturated rings. The van der Waals surface area contributed by atoms with E-state index in [0.29, 0.717) is 30.3 Å². The molecule has 1 aliphatic carbocycles. The predicted molar refractivity (Wildman–Crippen MR) is 110 cm³/mol. The molecule has 1 saturated carbocycles. The number of hydrogen-bond acceptors (Lipinski definition) is 4. The van der Waals surface area contributed by atoms with Crippen molar-refractivity contribution in [2.24, 2.45) is 11.3 Å². The van der Waals surface area contributed by atoms with Gasteiger partial charge in [0, 0.05) is 50.1 Å². The van der Waals surface area contributed by atoms with Crippen molar-refractivity contribution in [3.05, 3.63) is 29.1 Å². The fourth-order valence-electron chi connectivity index (χ4n) is 5.51. The van der Waals surface area contributed by atoms with Crippen LogP contribution in [0.3, 0.4) is 0 Å². The number of alkyl halides is 3. The normalized spacial score (nSPS) is 31.3. The maximum atomic E-state index is 13.7. The summed E-state index contributed by atoms with van der Waals surface area (Å²) in [5.74, 6) is 0.232. The van der Waals surface area contributed by atoms with E-state index in [9.17, 15) is 18.0 Å². The third-order valence-corrected chi connectivity index (χ3v) is 7.56. The molecule has 2 unspecified atom stereocenters. The first-order valence-electron chi connectivity index (χ1n) is 11.3. The molecule has 1 amide bonds. The summed E-state index contributed by atoms with van der Waals surface area (Å²) >= 11 is 0. The number of pyridine rings is 1. The van der Waals surface area contributed by atoms with Gasteiger partial charge in [-0.2, -0.15) is 13.2 Å². The second-order valence-corrected chi connectivity index (χ2v) is 9.69. The molecule has 3 aliphatic rings. The lowest BCUT2D eigenvalue weighted by molar-refractivity contribution is -0.145. The zero-order valence-electron chi connectivity index (χ0n) is 18.5. The van der Waals surface area contributed by atoms with Gasteiger partial charge in [-0.3, -0.25) is 9.78 Å². The molecule has 172 valence electrons. The maximum absolute atomic E-state index is 13.7. The van der Waals surface area contributed by atoms with E-state index in [2.05, 4.69) is 31.1 Å². The van der Waals surface area contributed by atoms with Crippen molar-refractivity contribution in [3.8, 4) is 0 Å². The van der Waals surface area contributed by atoms with Crippen molar-refractivity contribution >= 4 is 5.91 Å². The second kappa shape index (κ2) is 8.35. The first-order valence-corrected chi connectivity index (χ1v) is 11.3. The first-order chi connectivity index (χ1) is 14.6. The lowest BCUT2D eigenvalue weighted by Gasteiger charge is -2.39. The summed E-state index contributed by atoms with van der Waals surface area (Å²) < 4.78 is 45.0. The van der Waals surface area contributed by atoms with Crippen LogP contribution in [0.2, 0.25) is 0 Å². The Morgan fingerprint density at radius 3 is 2.77 bits per heavy atom.